The van der Waals surface area contributed by atoms with Crippen molar-refractivity contribution < 1.29 is 19.1 Å². The van der Waals surface area contributed by atoms with Crippen LogP contribution < -0.4 is 0 Å². The number of carbonyl (C=O) groups is 2. The summed E-state index contributed by atoms with van der Waals surface area (Å²) in [7, 11) is 0. The molecule has 0 saturated carbocycles. The lowest BCUT2D eigenvalue weighted by molar-refractivity contribution is -0.145. The Morgan fingerprint density at radius 2 is 0.875 bits per heavy atom. The molecule has 144 valence electrons. The van der Waals surface area contributed by atoms with Crippen molar-refractivity contribution in [3.8, 4) is 0 Å². The van der Waals surface area contributed by atoms with Crippen molar-refractivity contribution in [1.82, 2.24) is 0 Å². The zero-order valence-corrected chi connectivity index (χ0v) is 17.2. The summed E-state index contributed by atoms with van der Waals surface area (Å²) in [6, 6.07) is 0. The Kier molecular flexibility index (Phi) is 16.2. The van der Waals surface area contributed by atoms with E-state index >= 15 is 0 Å². The van der Waals surface area contributed by atoms with Gasteiger partial charge in [0.15, 0.2) is 0 Å². The normalized spacial score (nSPS) is 10.8. The Balaban J connectivity index is 0. The van der Waals surface area contributed by atoms with Gasteiger partial charge in [-0.2, -0.15) is 0 Å². The molecule has 0 aromatic rings. The molecular weight excluding hydrogens is 304 g/mol. The lowest BCUT2D eigenvalue weighted by atomic mass is 10.1. The van der Waals surface area contributed by atoms with Gasteiger partial charge in [-0.15, -0.1) is 0 Å². The summed E-state index contributed by atoms with van der Waals surface area (Å²) in [5, 5.41) is 0. The van der Waals surface area contributed by atoms with Crippen LogP contribution >= 0.6 is 0 Å². The number of esters is 2. The van der Waals surface area contributed by atoms with E-state index < -0.39 is 0 Å². The lowest BCUT2D eigenvalue weighted by Crippen LogP contribution is -2.09. The first kappa shape index (κ1) is 25.2. The topological polar surface area (TPSA) is 52.6 Å². The molecule has 0 aromatic heterocycles. The van der Waals surface area contributed by atoms with Crippen molar-refractivity contribution in [1.29, 1.82) is 0 Å². The van der Waals surface area contributed by atoms with Crippen molar-refractivity contribution in [2.24, 2.45) is 23.7 Å². The first-order valence-corrected chi connectivity index (χ1v) is 9.35. The van der Waals surface area contributed by atoms with Crippen LogP contribution in [0.2, 0.25) is 0 Å². The molecule has 4 heteroatoms. The van der Waals surface area contributed by atoms with Gasteiger partial charge < -0.3 is 9.47 Å². The van der Waals surface area contributed by atoms with Gasteiger partial charge in [-0.3, -0.25) is 9.59 Å². The van der Waals surface area contributed by atoms with Crippen LogP contribution in [0, 0.1) is 23.7 Å². The average Bonchev–Trinajstić information content (AvgIpc) is 2.36. The van der Waals surface area contributed by atoms with Crippen molar-refractivity contribution in [3.05, 3.63) is 0 Å². The van der Waals surface area contributed by atoms with Crippen molar-refractivity contribution >= 4 is 11.9 Å². The fourth-order valence-corrected chi connectivity index (χ4v) is 1.60. The summed E-state index contributed by atoms with van der Waals surface area (Å²) >= 11 is 0. The van der Waals surface area contributed by atoms with Crippen LogP contribution in [0.3, 0.4) is 0 Å². The second kappa shape index (κ2) is 15.5. The molecule has 0 amide bonds. The second-order valence-electron chi connectivity index (χ2n) is 8.00. The minimum absolute atomic E-state index is 0.0642. The maximum absolute atomic E-state index is 11.0. The summed E-state index contributed by atoms with van der Waals surface area (Å²) < 4.78 is 10.0. The van der Waals surface area contributed by atoms with Gasteiger partial charge in [-0.05, 0) is 36.5 Å². The Labute approximate surface area is 149 Å². The van der Waals surface area contributed by atoms with E-state index in [1.165, 1.54) is 0 Å². The smallest absolute Gasteiger partial charge is 0.306 e. The molecule has 0 heterocycles. The van der Waals surface area contributed by atoms with Gasteiger partial charge in [0.1, 0.15) is 0 Å². The van der Waals surface area contributed by atoms with Gasteiger partial charge in [0.2, 0.25) is 0 Å². The van der Waals surface area contributed by atoms with Crippen molar-refractivity contribution in [2.45, 2.75) is 81.1 Å². The molecule has 24 heavy (non-hydrogen) atoms. The van der Waals surface area contributed by atoms with E-state index in [0.29, 0.717) is 49.7 Å². The molecule has 0 spiro atoms. The van der Waals surface area contributed by atoms with Crippen LogP contribution in [0.15, 0.2) is 0 Å². The molecule has 0 aliphatic heterocycles. The number of carbonyl (C=O) groups excluding carboxylic acids is 2. The molecule has 0 rings (SSSR count). The van der Waals surface area contributed by atoms with Gasteiger partial charge >= 0.3 is 11.9 Å². The highest BCUT2D eigenvalue weighted by Crippen LogP contribution is 2.04. The van der Waals surface area contributed by atoms with E-state index in [2.05, 4.69) is 27.7 Å². The predicted molar refractivity (Wildman–Crippen MR) is 99.7 cm³/mol. The number of rotatable bonds is 10. The summed E-state index contributed by atoms with van der Waals surface area (Å²) in [4.78, 5) is 22.0. The van der Waals surface area contributed by atoms with E-state index in [1.54, 1.807) is 0 Å². The van der Waals surface area contributed by atoms with Gasteiger partial charge in [0.25, 0.3) is 0 Å². The molecule has 0 fully saturated rings. The van der Waals surface area contributed by atoms with E-state index in [9.17, 15) is 9.59 Å². The van der Waals surface area contributed by atoms with E-state index in [0.717, 1.165) is 12.8 Å². The Morgan fingerprint density at radius 1 is 0.583 bits per heavy atom. The summed E-state index contributed by atoms with van der Waals surface area (Å²) in [5.74, 6) is 1.89. The van der Waals surface area contributed by atoms with Crippen LogP contribution in [-0.2, 0) is 19.1 Å². The molecule has 0 aliphatic rings. The number of hydrogen-bond donors (Lipinski definition) is 0. The fourth-order valence-electron chi connectivity index (χ4n) is 1.60. The van der Waals surface area contributed by atoms with Gasteiger partial charge in [0.05, 0.1) is 13.2 Å². The third kappa shape index (κ3) is 23.2. The lowest BCUT2D eigenvalue weighted by Gasteiger charge is -2.07. The molecule has 0 bridgehead atoms. The molecule has 0 aromatic carbocycles. The highest BCUT2D eigenvalue weighted by molar-refractivity contribution is 5.69. The average molecular weight is 345 g/mol. The van der Waals surface area contributed by atoms with Crippen molar-refractivity contribution in [2.75, 3.05) is 13.2 Å². The van der Waals surface area contributed by atoms with Crippen LogP contribution in [0.25, 0.3) is 0 Å². The zero-order valence-electron chi connectivity index (χ0n) is 17.2. The van der Waals surface area contributed by atoms with Crippen LogP contribution in [-0.4, -0.2) is 25.2 Å². The molecule has 4 nitrogen and oxygen atoms in total. The Bertz CT molecular complexity index is 288. The standard InChI is InChI=1S/2C10H20O2/c2*1-8(2)5-6-12-10(11)7-9(3)4/h2*8-9H,5-7H2,1-4H3. The van der Waals surface area contributed by atoms with Crippen LogP contribution in [0.4, 0.5) is 0 Å². The highest BCUT2D eigenvalue weighted by atomic mass is 16.5. The first-order valence-electron chi connectivity index (χ1n) is 9.35. The monoisotopic (exact) mass is 344 g/mol. The van der Waals surface area contributed by atoms with Gasteiger partial charge in [-0.25, -0.2) is 0 Å². The minimum atomic E-state index is -0.0642. The Hall–Kier alpha value is -1.06. The SMILES string of the molecule is CC(C)CCOC(=O)CC(C)C.CC(C)CCOC(=O)CC(C)C. The van der Waals surface area contributed by atoms with E-state index in [-0.39, 0.29) is 11.9 Å². The molecule has 0 radical (unpaired) electrons. The van der Waals surface area contributed by atoms with Gasteiger partial charge in [0, 0.05) is 12.8 Å². The van der Waals surface area contributed by atoms with Gasteiger partial charge in [-0.1, -0.05) is 55.4 Å². The third-order valence-corrected chi connectivity index (χ3v) is 3.07. The second-order valence-corrected chi connectivity index (χ2v) is 8.00. The van der Waals surface area contributed by atoms with E-state index in [4.69, 9.17) is 9.47 Å². The number of hydrogen-bond acceptors (Lipinski definition) is 4. The zero-order chi connectivity index (χ0) is 19.1. The van der Waals surface area contributed by atoms with Crippen LogP contribution in [0.5, 0.6) is 0 Å². The highest BCUT2D eigenvalue weighted by Gasteiger charge is 2.06. The molecule has 0 unspecified atom stereocenters. The fraction of sp³-hybridized carbons (Fsp3) is 0.900. The quantitative estimate of drug-likeness (QED) is 0.508. The Morgan fingerprint density at radius 3 is 1.08 bits per heavy atom. The first-order chi connectivity index (χ1) is 11.0. The molecule has 0 aliphatic carbocycles. The van der Waals surface area contributed by atoms with E-state index in [1.807, 2.05) is 27.7 Å². The summed E-state index contributed by atoms with van der Waals surface area (Å²) in [6.07, 6.45) is 3.00. The third-order valence-electron chi connectivity index (χ3n) is 3.07. The molecule has 0 atom stereocenters. The number of ether oxygens (including phenoxy) is 2. The largest absolute Gasteiger partial charge is 0.466 e. The maximum atomic E-state index is 11.0. The minimum Gasteiger partial charge on any atom is -0.466 e. The predicted octanol–water partition coefficient (Wildman–Crippen LogP) is 5.24. The molecule has 0 N–H and O–H groups in total. The van der Waals surface area contributed by atoms with Crippen LogP contribution in [0.1, 0.15) is 81.1 Å². The van der Waals surface area contributed by atoms with Crippen molar-refractivity contribution in [3.63, 3.8) is 0 Å². The molecule has 0 saturated heterocycles. The summed E-state index contributed by atoms with van der Waals surface area (Å²) in [6.45, 7) is 17.7. The maximum Gasteiger partial charge on any atom is 0.306 e. The molecular formula is C20H40O4. The summed E-state index contributed by atoms with van der Waals surface area (Å²) in [5.41, 5.74) is 0.